The van der Waals surface area contributed by atoms with Gasteiger partial charge >= 0.3 is 88.4 Å². The largest absolute Gasteiger partial charge is 1.00 e. The van der Waals surface area contributed by atoms with Gasteiger partial charge in [0.15, 0.2) is 0 Å². The van der Waals surface area contributed by atoms with E-state index in [1.54, 1.807) is 48.5 Å². The first-order valence-electron chi connectivity index (χ1n) is 40.0. The van der Waals surface area contributed by atoms with E-state index in [-0.39, 0.29) is 279 Å². The Hall–Kier alpha value is 1.14. The van der Waals surface area contributed by atoms with Gasteiger partial charge in [-0.05, 0) is 177 Å². The fourth-order valence-electron chi connectivity index (χ4n) is 15.6. The number of aromatic carboxylic acids is 1. The molecule has 5 fully saturated rings. The Morgan fingerprint density at radius 3 is 0.911 bits per heavy atom. The molecule has 5 aromatic carbocycles. The van der Waals surface area contributed by atoms with Crippen LogP contribution in [0.1, 0.15) is 249 Å². The summed E-state index contributed by atoms with van der Waals surface area (Å²) in [5.74, 6) is -0.264. The topological polar surface area (TPSA) is 336 Å². The van der Waals surface area contributed by atoms with E-state index in [0.717, 1.165) is 164 Å². The fraction of sp³-hybridized carbons (Fsp3) is 0.549. The van der Waals surface area contributed by atoms with Crippen molar-refractivity contribution in [3.63, 3.8) is 0 Å². The number of carboxylic acids is 1. The van der Waals surface area contributed by atoms with Crippen molar-refractivity contribution >= 4 is 162 Å². The van der Waals surface area contributed by atoms with Crippen molar-refractivity contribution < 1.29 is 321 Å². The molecule has 8 N–H and O–H groups in total. The van der Waals surface area contributed by atoms with Crippen molar-refractivity contribution in [1.82, 2.24) is 0 Å². The maximum absolute atomic E-state index is 12.4. The fourth-order valence-corrected chi connectivity index (χ4v) is 17.6. The molecule has 0 spiro atoms. The van der Waals surface area contributed by atoms with Gasteiger partial charge in [0.25, 0.3) is 0 Å². The number of aliphatic hydroxyl groups is 5. The Kier molecular flexibility index (Phi) is 95.2. The third-order valence-corrected chi connectivity index (χ3v) is 25.5. The molecule has 53 heteroatoms. The molecule has 711 valence electrons. The minimum absolute atomic E-state index is 0. The molecular weight excluding hydrogens is 2200 g/mol. The summed E-state index contributed by atoms with van der Waals surface area (Å²) in [6.45, 7) is 12.6. The van der Waals surface area contributed by atoms with E-state index >= 15 is 0 Å². The molecule has 0 aliphatic heterocycles. The van der Waals surface area contributed by atoms with Gasteiger partial charge in [-0.2, -0.15) is 64.8 Å². The number of phenols is 1. The average molecular weight is 2320 g/mol. The molecule has 135 heavy (non-hydrogen) atoms. The number of aryl methyl sites for hydroxylation is 1. The van der Waals surface area contributed by atoms with Crippen LogP contribution in [0.2, 0.25) is 0 Å². The van der Waals surface area contributed by atoms with Crippen molar-refractivity contribution in [3.05, 3.63) is 203 Å². The van der Waals surface area contributed by atoms with Crippen LogP contribution in [0.4, 0.5) is 39.5 Å². The Labute approximate surface area is 968 Å². The van der Waals surface area contributed by atoms with E-state index in [0.29, 0.717) is 29.4 Å². The number of esters is 1. The molecule has 31 radical (unpaired) electrons. The number of hydrogen-bond acceptors (Lipinski definition) is 18. The van der Waals surface area contributed by atoms with Crippen LogP contribution in [-0.2, 0) is 230 Å². The summed E-state index contributed by atoms with van der Waals surface area (Å²) in [7, 11) is 33.8. The van der Waals surface area contributed by atoms with Gasteiger partial charge in [-0.15, -0.1) is 3.63 Å². The van der Waals surface area contributed by atoms with Gasteiger partial charge in [0.05, 0.1) is 46.2 Å². The van der Waals surface area contributed by atoms with Crippen molar-refractivity contribution in [3.8, 4) is 11.5 Å². The van der Waals surface area contributed by atoms with Crippen molar-refractivity contribution in [2.24, 2.45) is 29.6 Å². The van der Waals surface area contributed by atoms with Gasteiger partial charge in [0.1, 0.15) is 11.5 Å². The minimum Gasteiger partial charge on any atom is -0.870 e. The third kappa shape index (κ3) is 52.7. The maximum Gasteiger partial charge on any atom is 1.00 e. The van der Waals surface area contributed by atoms with Crippen molar-refractivity contribution in [2.75, 3.05) is 7.11 Å². The van der Waals surface area contributed by atoms with Crippen LogP contribution >= 0.6 is 0 Å². The molecule has 0 saturated heterocycles. The summed E-state index contributed by atoms with van der Waals surface area (Å²) in [5, 5.41) is 73.2. The summed E-state index contributed by atoms with van der Waals surface area (Å²) < 4.78 is 178. The number of carbonyl (C=O) groups is 2. The molecule has 0 amide bonds. The molecule has 5 aliphatic carbocycles. The first kappa shape index (κ1) is 164. The second kappa shape index (κ2) is 78.4. The molecule has 0 bridgehead atoms. The second-order valence-electron chi connectivity index (χ2n) is 30.1. The quantitative estimate of drug-likeness (QED) is 0.0114. The molecule has 5 saturated carbocycles. The van der Waals surface area contributed by atoms with Crippen LogP contribution in [0, 0.1) is 73.6 Å². The number of carbonyl (C=O) groups excluding carboxylic acids is 1. The Morgan fingerprint density at radius 2 is 0.667 bits per heavy atom. The third-order valence-electron chi connectivity index (χ3n) is 21.9. The van der Waals surface area contributed by atoms with Gasteiger partial charge in [-0.1, -0.05) is 209 Å². The van der Waals surface area contributed by atoms with Crippen LogP contribution in [0.25, 0.3) is 0 Å². The van der Waals surface area contributed by atoms with Gasteiger partial charge in [0.2, 0.25) is 0 Å². The normalized spacial score (nSPS) is 21.5. The number of rotatable bonds is 17. The average Bonchev–Trinajstić information content (AvgIpc) is 0.790. The molecule has 19 nitrogen and oxygen atoms in total. The maximum atomic E-state index is 12.4. The zero-order chi connectivity index (χ0) is 93.7. The van der Waals surface area contributed by atoms with Crippen LogP contribution in [0.5, 0.6) is 11.5 Å². The van der Waals surface area contributed by atoms with Crippen molar-refractivity contribution in [2.45, 2.75) is 247 Å². The predicted octanol–water partition coefficient (Wildman–Crippen LogP) is 10.8. The number of carboxylic acid groups (broad SMARTS) is 1. The van der Waals surface area contributed by atoms with Gasteiger partial charge < -0.3 is 87.3 Å². The summed E-state index contributed by atoms with van der Waals surface area (Å²) >= 11 is 0. The van der Waals surface area contributed by atoms with E-state index < -0.39 is 106 Å². The number of aromatic hydroxyl groups is 1. The van der Waals surface area contributed by atoms with E-state index in [9.17, 15) is 105 Å². The molecule has 0 heterocycles. The summed E-state index contributed by atoms with van der Waals surface area (Å²) in [5.41, 5.74) is -16.1. The number of alkyl halides is 9. The van der Waals surface area contributed by atoms with Crippen LogP contribution in [0.3, 0.4) is 0 Å². The smallest absolute Gasteiger partial charge is 0.870 e. The Morgan fingerprint density at radius 1 is 0.430 bits per heavy atom. The monoisotopic (exact) mass is 2320 g/mol. The van der Waals surface area contributed by atoms with Crippen LogP contribution in [-0.4, -0.2) is 222 Å². The molecule has 5 aliphatic rings. The van der Waals surface area contributed by atoms with Gasteiger partial charge in [-0.3, -0.25) is 0 Å². The number of hydrogen-bond donors (Lipinski definition) is 7. The molecule has 5 aromatic rings. The molecule has 10 atom stereocenters. The van der Waals surface area contributed by atoms with Crippen LogP contribution < -0.4 is 33.7 Å². The first-order chi connectivity index (χ1) is 56.6. The minimum atomic E-state index is -6.85. The van der Waals surface area contributed by atoms with Crippen molar-refractivity contribution in [1.29, 1.82) is 0 Å². The number of benzene rings is 5. The van der Waals surface area contributed by atoms with E-state index in [1.807, 2.05) is 40.9 Å². The van der Waals surface area contributed by atoms with E-state index in [2.05, 4.69) is 117 Å². The molecule has 0 aromatic heterocycles. The molecule has 10 unspecified atom stereocenters. The number of ether oxygens (including phenoxy) is 1. The van der Waals surface area contributed by atoms with E-state index in [1.165, 1.54) is 50.5 Å². The summed E-state index contributed by atoms with van der Waals surface area (Å²) in [6, 6.07) is 34.7. The molecule has 10 rings (SSSR count). The number of methoxy groups -OCH3 is 1. The van der Waals surface area contributed by atoms with Gasteiger partial charge in [-0.25, -0.2) is 9.59 Å². The Bertz CT molecular complexity index is 4220. The number of halogens is 9. The predicted molar refractivity (Wildman–Crippen MR) is 510 cm³/mol. The first-order valence-corrected chi connectivity index (χ1v) is 44.2. The Balaban J connectivity index is -0.000000115. The SMILES string of the molecule is CCC1CCCCC1(O)c1cccc(C(=O)O)c1.CCC1CCCCC1(O)c1cccc(C(=O)OC)c1.CCC1CCCCC1(O)c1cccc(C)c1.CCC1CCCCC1(O)c1cccc(O)c1.CCC1CCCCC1(O)c1cccc(OS(=O)(=O)C(F)(F)F)c1.O=S(=O)(OS(=O)(=O)C(F)(F)F)C(F)(F)F.[B].[B]B([B])B([B])[B].[B]B([B])[B].[B][B].[B][B][B].[CH3-].[CH3-].[CH3-].[CH3-].[CH3-].[Na+].[OH-].[Y].[Y].[Y].[Y].[Y]. The second-order valence-corrected chi connectivity index (χ2v) is 34.9. The van der Waals surface area contributed by atoms with Gasteiger partial charge in [0, 0.05) is 283 Å². The number of phenolic OH excluding ortho intramolecular Hbond substituents is 1. The standard InChI is InChI=1S/C16H22O3.C15H19F3O4S.C15H20O3.C15H22O.C14H20O2.C2F6O5S2.5CH3.B6.B4.B3.B2.B.Na.H2O.5Y/c1-3-13-8-4-5-10-16(13,18)14-9-6-7-12(11-14)15(17)19-2;1-2-11-6-3-4-9-14(11,19)12-7-5-8-13(10-12)22-23(20,21)15(16,17)18;1-2-12-7-3-4-9-15(12,18)13-8-5-6-11(10-13)14(16)17;1-3-13-8-4-5-10-15(13,16)14-9-6-7-12(2)11-14;1-2-11-6-3-4-9-14(11,16)12-7-5-8-13(15)10-12;3-1(4,5)14(9,10)13-15(11,12)2(6,7)8;;;;;;1-5(2)6(3)4;1-4(2)3;1-3-2;1-2;;;;;;;;/h6-7,9,11,13,18H,3-5,8,10H2,1-2H3;5,7-8,10-11,19H,2-4,6,9H2,1H3;5-6,8,10,12,18H,2-4,7,9H2,1H3,(H,16,17);6-7,9,11,13,16H,3-5,8,10H2,1-2H3;5,7-8,10-11,15-16H,2-4,6,9H2,1H3;;5*1H3;;;;;;;1H2;;;;;/q;;;;;;5*-1;;;;;;+1;;;;;;/p-1. The molecular formula is C82H119B16F9NaO19S3Y5-5. The van der Waals surface area contributed by atoms with Crippen LogP contribution in [0.15, 0.2) is 121 Å². The summed E-state index contributed by atoms with van der Waals surface area (Å²) in [4.78, 5) is 22.6. The zero-order valence-electron chi connectivity index (χ0n) is 79.9. The zero-order valence-corrected chi connectivity index (χ0v) is 98.6. The summed E-state index contributed by atoms with van der Waals surface area (Å²) in [6.07, 6.45) is 22.6. The van der Waals surface area contributed by atoms with E-state index in [4.69, 9.17) is 40.8 Å².